The summed E-state index contributed by atoms with van der Waals surface area (Å²) in [6.45, 7) is 1.58. The molecule has 0 saturated heterocycles. The van der Waals surface area contributed by atoms with Crippen LogP contribution in [0.25, 0.3) is 0 Å². The van der Waals surface area contributed by atoms with E-state index in [0.29, 0.717) is 0 Å². The van der Waals surface area contributed by atoms with E-state index in [4.69, 9.17) is 11.6 Å². The van der Waals surface area contributed by atoms with Gasteiger partial charge in [0.25, 0.3) is 6.43 Å². The van der Waals surface area contributed by atoms with Gasteiger partial charge in [0.15, 0.2) is 5.69 Å². The third kappa shape index (κ3) is 3.09. The summed E-state index contributed by atoms with van der Waals surface area (Å²) in [5, 5.41) is 0. The number of nitrogens with zero attached hydrogens (tertiary/aromatic N) is 1. The number of aromatic nitrogens is 1. The van der Waals surface area contributed by atoms with Gasteiger partial charge in [-0.25, -0.2) is 22.9 Å². The van der Waals surface area contributed by atoms with Gasteiger partial charge in [-0.1, -0.05) is 0 Å². The molecule has 17 heavy (non-hydrogen) atoms. The number of esters is 1. The maximum Gasteiger partial charge on any atom is 0.357 e. The van der Waals surface area contributed by atoms with Crippen LogP contribution in [0, 0.1) is 5.82 Å². The van der Waals surface area contributed by atoms with Crippen LogP contribution in [-0.2, 0) is 10.6 Å². The highest BCUT2D eigenvalue weighted by Gasteiger charge is 2.22. The van der Waals surface area contributed by atoms with Gasteiger partial charge in [-0.15, -0.1) is 11.6 Å². The zero-order valence-electron chi connectivity index (χ0n) is 8.84. The summed E-state index contributed by atoms with van der Waals surface area (Å²) in [6.07, 6.45) is -3.01. The largest absolute Gasteiger partial charge is 0.461 e. The summed E-state index contributed by atoms with van der Waals surface area (Å²) >= 11 is 5.34. The van der Waals surface area contributed by atoms with Crippen molar-refractivity contribution < 1.29 is 22.7 Å². The fourth-order valence-electron chi connectivity index (χ4n) is 1.18. The molecule has 0 radical (unpaired) electrons. The molecule has 94 valence electrons. The molecule has 0 aliphatic carbocycles. The van der Waals surface area contributed by atoms with Crippen LogP contribution in [0.3, 0.4) is 0 Å². The lowest BCUT2D eigenvalue weighted by molar-refractivity contribution is 0.0517. The van der Waals surface area contributed by atoms with Crippen LogP contribution in [0.5, 0.6) is 0 Å². The average molecular weight is 268 g/mol. The van der Waals surface area contributed by atoms with Gasteiger partial charge in [0, 0.05) is 11.6 Å². The molecule has 0 atom stereocenters. The fraction of sp³-hybridized carbons (Fsp3) is 0.400. The summed E-state index contributed by atoms with van der Waals surface area (Å²) in [5.41, 5.74) is -1.73. The Bertz CT molecular complexity index is 426. The maximum absolute atomic E-state index is 13.4. The topological polar surface area (TPSA) is 39.2 Å². The number of pyridine rings is 1. The van der Waals surface area contributed by atoms with Crippen LogP contribution in [-0.4, -0.2) is 17.6 Å². The van der Waals surface area contributed by atoms with E-state index in [1.54, 1.807) is 0 Å². The van der Waals surface area contributed by atoms with Crippen LogP contribution < -0.4 is 0 Å². The average Bonchev–Trinajstić information content (AvgIpc) is 2.28. The number of rotatable bonds is 4. The van der Waals surface area contributed by atoms with E-state index < -0.39 is 41.0 Å². The van der Waals surface area contributed by atoms with Crippen molar-refractivity contribution >= 4 is 17.6 Å². The minimum absolute atomic E-state index is 0.0450. The molecule has 1 aromatic heterocycles. The van der Waals surface area contributed by atoms with Crippen LogP contribution in [0.15, 0.2) is 6.07 Å². The Kier molecular flexibility index (Phi) is 4.74. The second kappa shape index (κ2) is 5.86. The van der Waals surface area contributed by atoms with Crippen molar-refractivity contribution in [2.24, 2.45) is 0 Å². The summed E-state index contributed by atoms with van der Waals surface area (Å²) in [6, 6.07) is 0.738. The van der Waals surface area contributed by atoms with Gasteiger partial charge < -0.3 is 4.74 Å². The number of hydrogen-bond acceptors (Lipinski definition) is 3. The predicted octanol–water partition coefficient (Wildman–Crippen LogP) is 3.07. The lowest BCUT2D eigenvalue weighted by atomic mass is 10.2. The molecule has 0 spiro atoms. The third-order valence-corrected chi connectivity index (χ3v) is 2.19. The van der Waals surface area contributed by atoms with Gasteiger partial charge in [-0.05, 0) is 6.92 Å². The Hall–Kier alpha value is -1.30. The number of carbonyl (C=O) groups is 1. The lowest BCUT2D eigenvalue weighted by Gasteiger charge is -2.09. The maximum atomic E-state index is 13.4. The van der Waals surface area contributed by atoms with Crippen molar-refractivity contribution in [3.8, 4) is 0 Å². The molecule has 0 fully saturated rings. The predicted molar refractivity (Wildman–Crippen MR) is 54.7 cm³/mol. The van der Waals surface area contributed by atoms with E-state index >= 15 is 0 Å². The van der Waals surface area contributed by atoms with Gasteiger partial charge in [0.05, 0.1) is 12.5 Å². The van der Waals surface area contributed by atoms with E-state index in [0.717, 1.165) is 6.07 Å². The van der Waals surface area contributed by atoms with Gasteiger partial charge in [0.1, 0.15) is 11.5 Å². The molecule has 0 saturated carbocycles. The van der Waals surface area contributed by atoms with E-state index in [1.165, 1.54) is 6.92 Å². The third-order valence-electron chi connectivity index (χ3n) is 1.93. The van der Waals surface area contributed by atoms with E-state index in [-0.39, 0.29) is 6.61 Å². The van der Waals surface area contributed by atoms with Gasteiger partial charge in [-0.2, -0.15) is 0 Å². The van der Waals surface area contributed by atoms with Crippen molar-refractivity contribution in [1.29, 1.82) is 0 Å². The van der Waals surface area contributed by atoms with Gasteiger partial charge >= 0.3 is 5.97 Å². The van der Waals surface area contributed by atoms with Gasteiger partial charge in [0.2, 0.25) is 0 Å². The highest BCUT2D eigenvalue weighted by molar-refractivity contribution is 6.17. The summed E-state index contributed by atoms with van der Waals surface area (Å²) in [7, 11) is 0. The Morgan fingerprint density at radius 3 is 2.71 bits per heavy atom. The van der Waals surface area contributed by atoms with Crippen LogP contribution in [0.2, 0.25) is 0 Å². The smallest absolute Gasteiger partial charge is 0.357 e. The molecule has 0 aromatic carbocycles. The van der Waals surface area contributed by atoms with Crippen molar-refractivity contribution in [1.82, 2.24) is 4.98 Å². The highest BCUT2D eigenvalue weighted by atomic mass is 35.5. The molecule has 0 bridgehead atoms. The normalized spacial score (nSPS) is 10.7. The molecule has 0 aliphatic rings. The van der Waals surface area contributed by atoms with Crippen molar-refractivity contribution in [3.63, 3.8) is 0 Å². The number of alkyl halides is 3. The molecule has 0 amide bonds. The van der Waals surface area contributed by atoms with Gasteiger partial charge in [-0.3, -0.25) is 0 Å². The molecule has 0 N–H and O–H groups in total. The molecule has 0 aliphatic heterocycles. The quantitative estimate of drug-likeness (QED) is 0.622. The molecule has 7 heteroatoms. The first-order valence-corrected chi connectivity index (χ1v) is 5.25. The van der Waals surface area contributed by atoms with Crippen LogP contribution >= 0.6 is 11.6 Å². The molecule has 1 heterocycles. The lowest BCUT2D eigenvalue weighted by Crippen LogP contribution is -2.12. The fourth-order valence-corrected chi connectivity index (χ4v) is 1.45. The Morgan fingerprint density at radius 1 is 1.59 bits per heavy atom. The minimum atomic E-state index is -3.01. The number of carbonyl (C=O) groups excluding carboxylic acids is 1. The van der Waals surface area contributed by atoms with E-state index in [1.807, 2.05) is 0 Å². The zero-order chi connectivity index (χ0) is 13.0. The van der Waals surface area contributed by atoms with Crippen LogP contribution in [0.1, 0.15) is 35.1 Å². The molecular weight excluding hydrogens is 259 g/mol. The number of hydrogen-bond donors (Lipinski definition) is 0. The Balaban J connectivity index is 3.24. The number of ether oxygens (including phenoxy) is 1. The molecular formula is C10H9ClF3NO2. The molecule has 1 aromatic rings. The van der Waals surface area contributed by atoms with E-state index in [9.17, 15) is 18.0 Å². The van der Waals surface area contributed by atoms with Crippen molar-refractivity contribution in [3.05, 3.63) is 28.8 Å². The monoisotopic (exact) mass is 267 g/mol. The van der Waals surface area contributed by atoms with Crippen LogP contribution in [0.4, 0.5) is 13.2 Å². The molecule has 3 nitrogen and oxygen atoms in total. The zero-order valence-corrected chi connectivity index (χ0v) is 9.60. The number of halogens is 4. The minimum Gasteiger partial charge on any atom is -0.461 e. The second-order valence-corrected chi connectivity index (χ2v) is 3.28. The summed E-state index contributed by atoms with van der Waals surface area (Å²) in [5.74, 6) is -2.38. The second-order valence-electron chi connectivity index (χ2n) is 3.01. The summed E-state index contributed by atoms with van der Waals surface area (Å²) < 4.78 is 43.1. The molecule has 1 rings (SSSR count). The first kappa shape index (κ1) is 13.8. The SMILES string of the molecule is CCOC(=O)c1cc(F)c(CCl)c(C(F)F)n1. The van der Waals surface area contributed by atoms with Crippen molar-refractivity contribution in [2.75, 3.05) is 6.61 Å². The molecule has 0 unspecified atom stereocenters. The first-order valence-electron chi connectivity index (χ1n) is 4.71. The highest BCUT2D eigenvalue weighted by Crippen LogP contribution is 2.25. The Labute approximate surface area is 101 Å². The summed E-state index contributed by atoms with van der Waals surface area (Å²) in [4.78, 5) is 14.6. The standard InChI is InChI=1S/C10H9ClF3NO2/c1-2-17-10(16)7-3-6(12)5(4-11)8(15-7)9(13)14/h3,9H,2,4H2,1H3. The Morgan fingerprint density at radius 2 is 2.24 bits per heavy atom. The van der Waals surface area contributed by atoms with E-state index in [2.05, 4.69) is 9.72 Å². The first-order chi connectivity index (χ1) is 8.01. The van der Waals surface area contributed by atoms with Crippen molar-refractivity contribution in [2.45, 2.75) is 19.2 Å².